The van der Waals surface area contributed by atoms with Crippen LogP contribution in [-0.4, -0.2) is 34.6 Å². The quantitative estimate of drug-likeness (QED) is 0.330. The Kier molecular flexibility index (Phi) is 12.1. The number of phenolic OH excluding ortho intramolecular Hbond substituents is 1. The number of allylic oxidation sites excluding steroid dienone is 4. The van der Waals surface area contributed by atoms with Gasteiger partial charge in [0.05, 0.1) is 19.3 Å². The standard InChI is InChI=1S/C28H42O4/c1-19(2)11-14-27(30)22(5)10-8-9-20(3)15-25(29)16-21(4)12-13-24-18-26(32-7)17-23(6)28(24)31/h10-12,15,17-18,25,27,29-31H,8-9,13-14,16H2,1-7H3/b20-15+,21-12+,22-10+. The normalized spacial score (nSPS) is 14.8. The molecule has 1 aromatic rings. The minimum absolute atomic E-state index is 0.292. The van der Waals surface area contributed by atoms with E-state index in [2.05, 4.69) is 12.2 Å². The molecule has 3 N–H and O–H groups in total. The van der Waals surface area contributed by atoms with Crippen LogP contribution in [0.15, 0.2) is 58.7 Å². The van der Waals surface area contributed by atoms with Crippen molar-refractivity contribution < 1.29 is 20.1 Å². The van der Waals surface area contributed by atoms with Crippen LogP contribution in [0, 0.1) is 6.92 Å². The first-order chi connectivity index (χ1) is 15.0. The highest BCUT2D eigenvalue weighted by atomic mass is 16.5. The predicted octanol–water partition coefficient (Wildman–Crippen LogP) is 6.34. The van der Waals surface area contributed by atoms with E-state index >= 15 is 0 Å². The van der Waals surface area contributed by atoms with E-state index in [4.69, 9.17) is 4.74 Å². The topological polar surface area (TPSA) is 69.9 Å². The molecular formula is C28H42O4. The van der Waals surface area contributed by atoms with Crippen LogP contribution < -0.4 is 4.74 Å². The molecule has 1 rings (SSSR count). The maximum absolute atomic E-state index is 10.4. The number of ether oxygens (including phenoxy) is 1. The van der Waals surface area contributed by atoms with E-state index in [1.54, 1.807) is 7.11 Å². The van der Waals surface area contributed by atoms with E-state index in [0.717, 1.165) is 46.4 Å². The minimum Gasteiger partial charge on any atom is -0.507 e. The Hall–Kier alpha value is -2.30. The fourth-order valence-corrected chi connectivity index (χ4v) is 3.46. The molecule has 0 heterocycles. The molecular weight excluding hydrogens is 400 g/mol. The Morgan fingerprint density at radius 3 is 2.31 bits per heavy atom. The fourth-order valence-electron chi connectivity index (χ4n) is 3.46. The van der Waals surface area contributed by atoms with Crippen LogP contribution in [-0.2, 0) is 6.42 Å². The van der Waals surface area contributed by atoms with Crippen molar-refractivity contribution in [2.24, 2.45) is 0 Å². The van der Waals surface area contributed by atoms with Crippen molar-refractivity contribution in [2.45, 2.75) is 85.9 Å². The van der Waals surface area contributed by atoms with Crippen LogP contribution >= 0.6 is 0 Å². The molecule has 0 aliphatic carbocycles. The zero-order chi connectivity index (χ0) is 24.3. The monoisotopic (exact) mass is 442 g/mol. The summed E-state index contributed by atoms with van der Waals surface area (Å²) in [5.74, 6) is 1.02. The van der Waals surface area contributed by atoms with E-state index < -0.39 is 12.2 Å². The van der Waals surface area contributed by atoms with Gasteiger partial charge in [-0.25, -0.2) is 0 Å². The van der Waals surface area contributed by atoms with Gasteiger partial charge in [0, 0.05) is 5.56 Å². The van der Waals surface area contributed by atoms with E-state index in [1.165, 1.54) is 5.57 Å². The lowest BCUT2D eigenvalue weighted by Crippen LogP contribution is -2.06. The Morgan fingerprint density at radius 2 is 1.69 bits per heavy atom. The maximum Gasteiger partial charge on any atom is 0.122 e. The molecule has 4 heteroatoms. The number of phenols is 1. The van der Waals surface area contributed by atoms with Crippen molar-refractivity contribution in [1.29, 1.82) is 0 Å². The van der Waals surface area contributed by atoms with Crippen molar-refractivity contribution in [2.75, 3.05) is 7.11 Å². The molecule has 0 fully saturated rings. The largest absolute Gasteiger partial charge is 0.507 e. The lowest BCUT2D eigenvalue weighted by Gasteiger charge is -2.11. The number of aromatic hydroxyl groups is 1. The summed E-state index contributed by atoms with van der Waals surface area (Å²) < 4.78 is 5.29. The number of hydrogen-bond donors (Lipinski definition) is 3. The second-order valence-electron chi connectivity index (χ2n) is 9.01. The van der Waals surface area contributed by atoms with Crippen molar-refractivity contribution in [3.63, 3.8) is 0 Å². The molecule has 0 aliphatic heterocycles. The Balaban J connectivity index is 2.59. The highest BCUT2D eigenvalue weighted by Crippen LogP contribution is 2.28. The zero-order valence-corrected chi connectivity index (χ0v) is 20.9. The molecule has 1 aromatic carbocycles. The lowest BCUT2D eigenvalue weighted by atomic mass is 10.0. The number of aliphatic hydroxyl groups excluding tert-OH is 2. The molecule has 2 atom stereocenters. The van der Waals surface area contributed by atoms with Crippen molar-refractivity contribution >= 4 is 0 Å². The summed E-state index contributed by atoms with van der Waals surface area (Å²) in [7, 11) is 1.62. The van der Waals surface area contributed by atoms with Gasteiger partial charge in [-0.3, -0.25) is 0 Å². The summed E-state index contributed by atoms with van der Waals surface area (Å²) >= 11 is 0. The molecule has 0 saturated heterocycles. The average molecular weight is 443 g/mol. The van der Waals surface area contributed by atoms with Gasteiger partial charge in [-0.2, -0.15) is 0 Å². The molecule has 0 saturated carbocycles. The zero-order valence-electron chi connectivity index (χ0n) is 20.9. The van der Waals surface area contributed by atoms with Gasteiger partial charge in [-0.1, -0.05) is 41.0 Å². The van der Waals surface area contributed by atoms with Crippen LogP contribution in [0.2, 0.25) is 0 Å². The highest BCUT2D eigenvalue weighted by Gasteiger charge is 2.08. The summed E-state index contributed by atoms with van der Waals surface area (Å²) in [5.41, 5.74) is 6.01. The third-order valence-corrected chi connectivity index (χ3v) is 5.55. The molecule has 0 amide bonds. The van der Waals surface area contributed by atoms with Gasteiger partial charge in [0.15, 0.2) is 0 Å². The van der Waals surface area contributed by atoms with Crippen molar-refractivity contribution in [1.82, 2.24) is 0 Å². The van der Waals surface area contributed by atoms with Gasteiger partial charge in [-0.15, -0.1) is 0 Å². The fraction of sp³-hybridized carbons (Fsp3) is 0.500. The molecule has 178 valence electrons. The first-order valence-electron chi connectivity index (χ1n) is 11.4. The van der Waals surface area contributed by atoms with Crippen molar-refractivity contribution in [3.05, 3.63) is 69.9 Å². The van der Waals surface area contributed by atoms with E-state index in [0.29, 0.717) is 25.0 Å². The predicted molar refractivity (Wildman–Crippen MR) is 134 cm³/mol. The first-order valence-corrected chi connectivity index (χ1v) is 11.4. The molecule has 0 aromatic heterocycles. The number of aliphatic hydroxyl groups is 2. The third kappa shape index (κ3) is 10.3. The third-order valence-electron chi connectivity index (χ3n) is 5.55. The summed E-state index contributed by atoms with van der Waals surface area (Å²) in [4.78, 5) is 0. The van der Waals surface area contributed by atoms with Crippen LogP contribution in [0.3, 0.4) is 0 Å². The molecule has 0 aliphatic rings. The number of aryl methyl sites for hydroxylation is 1. The second kappa shape index (κ2) is 14.0. The van der Waals surface area contributed by atoms with E-state index in [1.807, 2.05) is 65.8 Å². The molecule has 32 heavy (non-hydrogen) atoms. The highest BCUT2D eigenvalue weighted by molar-refractivity contribution is 5.46. The molecule has 0 bridgehead atoms. The summed E-state index contributed by atoms with van der Waals surface area (Å²) in [5, 5.41) is 30.9. The minimum atomic E-state index is -0.541. The maximum atomic E-state index is 10.4. The summed E-state index contributed by atoms with van der Waals surface area (Å²) in [6.07, 6.45) is 10.6. The van der Waals surface area contributed by atoms with E-state index in [9.17, 15) is 15.3 Å². The number of rotatable bonds is 12. The summed E-state index contributed by atoms with van der Waals surface area (Å²) in [6.45, 7) is 11.9. The Labute approximate surface area is 194 Å². The second-order valence-corrected chi connectivity index (χ2v) is 9.01. The molecule has 2 unspecified atom stereocenters. The Bertz CT molecular complexity index is 854. The Morgan fingerprint density at radius 1 is 1.00 bits per heavy atom. The van der Waals surface area contributed by atoms with Crippen LogP contribution in [0.25, 0.3) is 0 Å². The smallest absolute Gasteiger partial charge is 0.122 e. The molecule has 4 nitrogen and oxygen atoms in total. The lowest BCUT2D eigenvalue weighted by molar-refractivity contribution is 0.213. The van der Waals surface area contributed by atoms with Gasteiger partial charge in [0.1, 0.15) is 11.5 Å². The van der Waals surface area contributed by atoms with Gasteiger partial charge in [0.2, 0.25) is 0 Å². The van der Waals surface area contributed by atoms with Gasteiger partial charge < -0.3 is 20.1 Å². The van der Waals surface area contributed by atoms with Crippen LogP contribution in [0.5, 0.6) is 11.5 Å². The van der Waals surface area contributed by atoms with Gasteiger partial charge in [0.25, 0.3) is 0 Å². The van der Waals surface area contributed by atoms with Crippen LogP contribution in [0.4, 0.5) is 0 Å². The molecule has 0 spiro atoms. The molecule has 0 radical (unpaired) electrons. The number of methoxy groups -OCH3 is 1. The van der Waals surface area contributed by atoms with Crippen LogP contribution in [0.1, 0.15) is 71.4 Å². The number of benzene rings is 1. The van der Waals surface area contributed by atoms with Crippen molar-refractivity contribution in [3.8, 4) is 11.5 Å². The SMILES string of the molecule is COc1cc(C)c(O)c(C/C=C(\C)CC(O)/C=C(\C)CC/C=C(\C)C(O)CC=C(C)C)c1. The van der Waals surface area contributed by atoms with Gasteiger partial charge in [-0.05, 0) is 96.9 Å². The van der Waals surface area contributed by atoms with Gasteiger partial charge >= 0.3 is 0 Å². The first kappa shape index (κ1) is 27.7. The number of hydrogen-bond acceptors (Lipinski definition) is 4. The van der Waals surface area contributed by atoms with E-state index in [-0.39, 0.29) is 0 Å². The average Bonchev–Trinajstić information content (AvgIpc) is 2.72. The summed E-state index contributed by atoms with van der Waals surface area (Å²) in [6, 6.07) is 3.66.